The molecule has 0 radical (unpaired) electrons. The van der Waals surface area contributed by atoms with Crippen LogP contribution in [0.1, 0.15) is 42.5 Å². The van der Waals surface area contributed by atoms with Crippen LogP contribution in [-0.4, -0.2) is 7.05 Å². The Balaban J connectivity index is 2.42. The molecule has 1 nitrogen and oxygen atoms in total. The van der Waals surface area contributed by atoms with Gasteiger partial charge < -0.3 is 5.32 Å². The topological polar surface area (TPSA) is 12.0 Å². The molecular formula is C17H18F3N. The SMILES string of the molecule is CNC(c1ccc(C(C)C)cc1)c1cc(F)c(F)cc1F. The van der Waals surface area contributed by atoms with Crippen LogP contribution in [0.25, 0.3) is 0 Å². The molecular weight excluding hydrogens is 275 g/mol. The van der Waals surface area contributed by atoms with Gasteiger partial charge in [-0.3, -0.25) is 0 Å². The van der Waals surface area contributed by atoms with Gasteiger partial charge in [0.2, 0.25) is 0 Å². The van der Waals surface area contributed by atoms with Crippen LogP contribution < -0.4 is 5.32 Å². The van der Waals surface area contributed by atoms with Crippen LogP contribution in [0.3, 0.4) is 0 Å². The standard InChI is InChI=1S/C17H18F3N/c1-10(2)11-4-6-12(7-5-11)17(21-3)13-8-15(19)16(20)9-14(13)18/h4-10,17,21H,1-3H3. The molecule has 0 saturated carbocycles. The molecule has 1 N–H and O–H groups in total. The largest absolute Gasteiger partial charge is 0.309 e. The van der Waals surface area contributed by atoms with Gasteiger partial charge in [-0.15, -0.1) is 0 Å². The minimum atomic E-state index is -1.18. The Morgan fingerprint density at radius 1 is 0.810 bits per heavy atom. The Bertz CT molecular complexity index is 621. The van der Waals surface area contributed by atoms with Crippen LogP contribution in [0.4, 0.5) is 13.2 Å². The summed E-state index contributed by atoms with van der Waals surface area (Å²) < 4.78 is 40.3. The van der Waals surface area contributed by atoms with Gasteiger partial charge in [-0.1, -0.05) is 38.1 Å². The molecule has 0 amide bonds. The second-order valence-electron chi connectivity index (χ2n) is 5.33. The van der Waals surface area contributed by atoms with Crippen molar-refractivity contribution in [2.24, 2.45) is 0 Å². The molecule has 2 aromatic carbocycles. The van der Waals surface area contributed by atoms with Crippen LogP contribution in [0.2, 0.25) is 0 Å². The molecule has 4 heteroatoms. The smallest absolute Gasteiger partial charge is 0.161 e. The van der Waals surface area contributed by atoms with Crippen molar-refractivity contribution in [1.29, 1.82) is 0 Å². The van der Waals surface area contributed by atoms with Crippen molar-refractivity contribution in [2.45, 2.75) is 25.8 Å². The molecule has 0 bridgehead atoms. The van der Waals surface area contributed by atoms with E-state index in [4.69, 9.17) is 0 Å². The highest BCUT2D eigenvalue weighted by Crippen LogP contribution is 2.27. The van der Waals surface area contributed by atoms with E-state index in [1.807, 2.05) is 24.3 Å². The minimum Gasteiger partial charge on any atom is -0.309 e. The highest BCUT2D eigenvalue weighted by molar-refractivity contribution is 5.35. The molecule has 0 heterocycles. The number of hydrogen-bond donors (Lipinski definition) is 1. The van der Waals surface area contributed by atoms with E-state index in [2.05, 4.69) is 19.2 Å². The van der Waals surface area contributed by atoms with E-state index in [0.717, 1.165) is 11.6 Å². The van der Waals surface area contributed by atoms with Crippen LogP contribution >= 0.6 is 0 Å². The normalized spacial score (nSPS) is 12.7. The van der Waals surface area contributed by atoms with E-state index in [1.54, 1.807) is 7.05 Å². The fourth-order valence-corrected chi connectivity index (χ4v) is 2.33. The van der Waals surface area contributed by atoms with E-state index in [0.29, 0.717) is 12.0 Å². The van der Waals surface area contributed by atoms with Gasteiger partial charge in [0.1, 0.15) is 5.82 Å². The summed E-state index contributed by atoms with van der Waals surface area (Å²) in [5.74, 6) is -2.60. The lowest BCUT2D eigenvalue weighted by Crippen LogP contribution is -2.19. The van der Waals surface area contributed by atoms with Crippen molar-refractivity contribution in [2.75, 3.05) is 7.05 Å². The maximum atomic E-state index is 13.9. The Morgan fingerprint density at radius 2 is 1.33 bits per heavy atom. The maximum Gasteiger partial charge on any atom is 0.161 e. The third-order valence-corrected chi connectivity index (χ3v) is 3.58. The number of rotatable bonds is 4. The first-order valence-electron chi connectivity index (χ1n) is 6.85. The summed E-state index contributed by atoms with van der Waals surface area (Å²) >= 11 is 0. The average molecular weight is 293 g/mol. The summed E-state index contributed by atoms with van der Waals surface area (Å²) in [5.41, 5.74) is 2.06. The second-order valence-corrected chi connectivity index (χ2v) is 5.33. The summed E-state index contributed by atoms with van der Waals surface area (Å²) in [6, 6.07) is 8.62. The first-order chi connectivity index (χ1) is 9.93. The van der Waals surface area contributed by atoms with Crippen molar-refractivity contribution in [3.8, 4) is 0 Å². The second kappa shape index (κ2) is 6.31. The van der Waals surface area contributed by atoms with Gasteiger partial charge in [0.05, 0.1) is 6.04 Å². The molecule has 0 aliphatic rings. The molecule has 2 rings (SSSR count). The van der Waals surface area contributed by atoms with Crippen molar-refractivity contribution < 1.29 is 13.2 Å². The molecule has 1 unspecified atom stereocenters. The van der Waals surface area contributed by atoms with Gasteiger partial charge >= 0.3 is 0 Å². The quantitative estimate of drug-likeness (QED) is 0.816. The van der Waals surface area contributed by atoms with Crippen LogP contribution in [0, 0.1) is 17.5 Å². The Labute approximate surface area is 122 Å². The molecule has 2 aromatic rings. The van der Waals surface area contributed by atoms with Crippen molar-refractivity contribution in [1.82, 2.24) is 5.32 Å². The van der Waals surface area contributed by atoms with E-state index in [9.17, 15) is 13.2 Å². The van der Waals surface area contributed by atoms with Crippen molar-refractivity contribution in [3.05, 3.63) is 70.5 Å². The number of hydrogen-bond acceptors (Lipinski definition) is 1. The summed E-state index contributed by atoms with van der Waals surface area (Å²) in [5, 5.41) is 2.94. The fourth-order valence-electron chi connectivity index (χ4n) is 2.33. The molecule has 0 aliphatic heterocycles. The number of benzene rings is 2. The lowest BCUT2D eigenvalue weighted by molar-refractivity contribution is 0.483. The third-order valence-electron chi connectivity index (χ3n) is 3.58. The van der Waals surface area contributed by atoms with Gasteiger partial charge in [0, 0.05) is 11.6 Å². The zero-order valence-electron chi connectivity index (χ0n) is 12.3. The first kappa shape index (κ1) is 15.6. The molecule has 0 aromatic heterocycles. The zero-order valence-corrected chi connectivity index (χ0v) is 12.3. The molecule has 1 atom stereocenters. The summed E-state index contributed by atoms with van der Waals surface area (Å²) in [7, 11) is 1.65. The summed E-state index contributed by atoms with van der Waals surface area (Å²) in [6.07, 6.45) is 0. The number of halogens is 3. The van der Waals surface area contributed by atoms with E-state index < -0.39 is 23.5 Å². The lowest BCUT2D eigenvalue weighted by Gasteiger charge is -2.19. The van der Waals surface area contributed by atoms with Gasteiger partial charge in [0.15, 0.2) is 11.6 Å². The molecule has 0 spiro atoms. The highest BCUT2D eigenvalue weighted by atomic mass is 19.2. The molecule has 0 saturated heterocycles. The van der Waals surface area contributed by atoms with Crippen molar-refractivity contribution >= 4 is 0 Å². The van der Waals surface area contributed by atoms with Gasteiger partial charge in [0.25, 0.3) is 0 Å². The Kier molecular flexibility index (Phi) is 4.68. The third kappa shape index (κ3) is 3.27. The van der Waals surface area contributed by atoms with Gasteiger partial charge in [-0.05, 0) is 30.2 Å². The number of nitrogens with one attached hydrogen (secondary N) is 1. The van der Waals surface area contributed by atoms with Gasteiger partial charge in [-0.2, -0.15) is 0 Å². The lowest BCUT2D eigenvalue weighted by atomic mass is 9.95. The molecule has 0 fully saturated rings. The van der Waals surface area contributed by atoms with E-state index >= 15 is 0 Å². The summed E-state index contributed by atoms with van der Waals surface area (Å²) in [4.78, 5) is 0. The monoisotopic (exact) mass is 293 g/mol. The van der Waals surface area contributed by atoms with E-state index in [1.165, 1.54) is 5.56 Å². The molecule has 21 heavy (non-hydrogen) atoms. The average Bonchev–Trinajstić information content (AvgIpc) is 2.45. The van der Waals surface area contributed by atoms with Crippen molar-refractivity contribution in [3.63, 3.8) is 0 Å². The minimum absolute atomic E-state index is 0.0914. The predicted molar refractivity (Wildman–Crippen MR) is 77.7 cm³/mol. The molecule has 0 aliphatic carbocycles. The van der Waals surface area contributed by atoms with Gasteiger partial charge in [-0.25, -0.2) is 13.2 Å². The maximum absolute atomic E-state index is 13.9. The fraction of sp³-hybridized carbons (Fsp3) is 0.294. The molecule has 112 valence electrons. The first-order valence-corrected chi connectivity index (χ1v) is 6.85. The predicted octanol–water partition coefficient (Wildman–Crippen LogP) is 4.54. The van der Waals surface area contributed by atoms with Crippen LogP contribution in [0.5, 0.6) is 0 Å². The van der Waals surface area contributed by atoms with Crippen LogP contribution in [0.15, 0.2) is 36.4 Å². The van der Waals surface area contributed by atoms with E-state index in [-0.39, 0.29) is 5.56 Å². The Morgan fingerprint density at radius 3 is 1.86 bits per heavy atom. The zero-order chi connectivity index (χ0) is 15.6. The summed E-state index contributed by atoms with van der Waals surface area (Å²) in [6.45, 7) is 4.17. The highest BCUT2D eigenvalue weighted by Gasteiger charge is 2.19. The van der Waals surface area contributed by atoms with Crippen LogP contribution in [-0.2, 0) is 0 Å². The Hall–Kier alpha value is -1.81.